The standard InChI is InChI=1S/C20H24N2O4/c1-12-17(14(3)23)13(2)21-18(12)20(25)26-15(4)19(24)22(5)11-16-9-7-6-8-10-16/h6-10,15,21H,11H2,1-5H3/t15-/m1/s1. The van der Waals surface area contributed by atoms with E-state index in [0.29, 0.717) is 23.4 Å². The smallest absolute Gasteiger partial charge is 0.355 e. The van der Waals surface area contributed by atoms with E-state index in [2.05, 4.69) is 4.98 Å². The third-order valence-electron chi connectivity index (χ3n) is 4.26. The van der Waals surface area contributed by atoms with Gasteiger partial charge < -0.3 is 14.6 Å². The number of likely N-dealkylation sites (N-methyl/N-ethyl adjacent to an activating group) is 1. The van der Waals surface area contributed by atoms with Crippen LogP contribution in [-0.2, 0) is 16.1 Å². The number of carbonyl (C=O) groups excluding carboxylic acids is 3. The zero-order valence-corrected chi connectivity index (χ0v) is 15.8. The van der Waals surface area contributed by atoms with Crippen molar-refractivity contribution in [2.45, 2.75) is 40.3 Å². The van der Waals surface area contributed by atoms with E-state index in [1.54, 1.807) is 27.8 Å². The van der Waals surface area contributed by atoms with Gasteiger partial charge in [-0.3, -0.25) is 9.59 Å². The molecule has 0 fully saturated rings. The second-order valence-electron chi connectivity index (χ2n) is 6.41. The molecule has 1 amide bonds. The number of H-pyrrole nitrogens is 1. The van der Waals surface area contributed by atoms with Crippen LogP contribution in [-0.4, -0.2) is 40.7 Å². The lowest BCUT2D eigenvalue weighted by molar-refractivity contribution is -0.139. The van der Waals surface area contributed by atoms with Crippen LogP contribution in [0.4, 0.5) is 0 Å². The quantitative estimate of drug-likeness (QED) is 0.637. The molecule has 0 radical (unpaired) electrons. The van der Waals surface area contributed by atoms with Gasteiger partial charge in [0.25, 0.3) is 5.91 Å². The van der Waals surface area contributed by atoms with E-state index < -0.39 is 12.1 Å². The van der Waals surface area contributed by atoms with Crippen LogP contribution in [0.15, 0.2) is 30.3 Å². The number of Topliss-reactive ketones (excluding diaryl/α,β-unsaturated/α-hetero) is 1. The summed E-state index contributed by atoms with van der Waals surface area (Å²) in [6.07, 6.45) is -0.931. The summed E-state index contributed by atoms with van der Waals surface area (Å²) >= 11 is 0. The molecular formula is C20H24N2O4. The largest absolute Gasteiger partial charge is 0.448 e. The first-order valence-corrected chi connectivity index (χ1v) is 8.42. The molecule has 0 bridgehead atoms. The first-order valence-electron chi connectivity index (χ1n) is 8.42. The van der Waals surface area contributed by atoms with Crippen molar-refractivity contribution in [3.05, 3.63) is 58.4 Å². The van der Waals surface area contributed by atoms with Gasteiger partial charge in [-0.1, -0.05) is 30.3 Å². The number of hydrogen-bond donors (Lipinski definition) is 1. The molecule has 2 aromatic rings. The molecule has 0 saturated heterocycles. The monoisotopic (exact) mass is 356 g/mol. The summed E-state index contributed by atoms with van der Waals surface area (Å²) in [5.41, 5.74) is 2.83. The molecule has 26 heavy (non-hydrogen) atoms. The normalized spacial score (nSPS) is 11.7. The molecule has 1 N–H and O–H groups in total. The molecule has 0 saturated carbocycles. The SMILES string of the molecule is CC(=O)c1c(C)[nH]c(C(=O)O[C@H](C)C(=O)N(C)Cc2ccccc2)c1C. The minimum atomic E-state index is -0.931. The van der Waals surface area contributed by atoms with Gasteiger partial charge in [-0.15, -0.1) is 0 Å². The van der Waals surface area contributed by atoms with Gasteiger partial charge in [0, 0.05) is 24.8 Å². The Morgan fingerprint density at radius 2 is 1.77 bits per heavy atom. The molecule has 138 valence electrons. The molecule has 0 aliphatic carbocycles. The van der Waals surface area contributed by atoms with Crippen LogP contribution < -0.4 is 0 Å². The number of aryl methyl sites for hydroxylation is 1. The molecule has 6 heteroatoms. The molecule has 0 aliphatic heterocycles. The molecule has 0 spiro atoms. The van der Waals surface area contributed by atoms with E-state index in [0.717, 1.165) is 5.56 Å². The fourth-order valence-corrected chi connectivity index (χ4v) is 3.00. The lowest BCUT2D eigenvalue weighted by atomic mass is 10.1. The predicted molar refractivity (Wildman–Crippen MR) is 98.1 cm³/mol. The van der Waals surface area contributed by atoms with E-state index in [1.807, 2.05) is 30.3 Å². The van der Waals surface area contributed by atoms with Crippen LogP contribution in [0.5, 0.6) is 0 Å². The number of benzene rings is 1. The van der Waals surface area contributed by atoms with Gasteiger partial charge in [-0.25, -0.2) is 4.79 Å². The molecular weight excluding hydrogens is 332 g/mol. The van der Waals surface area contributed by atoms with Crippen LogP contribution in [0.25, 0.3) is 0 Å². The Hall–Kier alpha value is -2.89. The number of rotatable bonds is 6. The number of ketones is 1. The van der Waals surface area contributed by atoms with E-state index >= 15 is 0 Å². The second-order valence-corrected chi connectivity index (χ2v) is 6.41. The van der Waals surface area contributed by atoms with Crippen molar-refractivity contribution in [1.29, 1.82) is 0 Å². The summed E-state index contributed by atoms with van der Waals surface area (Å²) in [6.45, 7) is 6.83. The zero-order chi connectivity index (χ0) is 19.4. The Labute approximate surface area is 153 Å². The van der Waals surface area contributed by atoms with E-state index in [9.17, 15) is 14.4 Å². The minimum Gasteiger partial charge on any atom is -0.448 e. The van der Waals surface area contributed by atoms with Gasteiger partial charge in [-0.05, 0) is 38.8 Å². The summed E-state index contributed by atoms with van der Waals surface area (Å²) < 4.78 is 5.31. The summed E-state index contributed by atoms with van der Waals surface area (Å²) in [7, 11) is 1.66. The van der Waals surface area contributed by atoms with Crippen LogP contribution >= 0.6 is 0 Å². The van der Waals surface area contributed by atoms with Gasteiger partial charge in [0.1, 0.15) is 5.69 Å². The molecule has 1 aromatic carbocycles. The first kappa shape index (κ1) is 19.4. The summed E-state index contributed by atoms with van der Waals surface area (Å²) in [5, 5.41) is 0. The number of aromatic amines is 1. The Balaban J connectivity index is 2.05. The highest BCUT2D eigenvalue weighted by atomic mass is 16.5. The Bertz CT molecular complexity index is 824. The summed E-state index contributed by atoms with van der Waals surface area (Å²) in [5.74, 6) is -1.07. The zero-order valence-electron chi connectivity index (χ0n) is 15.8. The molecule has 1 heterocycles. The topological polar surface area (TPSA) is 79.5 Å². The van der Waals surface area contributed by atoms with Crippen LogP contribution in [0.1, 0.15) is 51.5 Å². The van der Waals surface area contributed by atoms with E-state index in [-0.39, 0.29) is 17.4 Å². The average Bonchev–Trinajstić information content (AvgIpc) is 2.89. The highest BCUT2D eigenvalue weighted by Crippen LogP contribution is 2.20. The number of nitrogens with zero attached hydrogens (tertiary/aromatic N) is 1. The maximum absolute atomic E-state index is 12.5. The Morgan fingerprint density at radius 3 is 2.31 bits per heavy atom. The molecule has 0 aliphatic rings. The van der Waals surface area contributed by atoms with Crippen molar-refractivity contribution >= 4 is 17.7 Å². The van der Waals surface area contributed by atoms with Crippen molar-refractivity contribution in [2.75, 3.05) is 7.05 Å². The Morgan fingerprint density at radius 1 is 1.15 bits per heavy atom. The van der Waals surface area contributed by atoms with Crippen molar-refractivity contribution in [2.24, 2.45) is 0 Å². The highest BCUT2D eigenvalue weighted by molar-refractivity contribution is 6.01. The van der Waals surface area contributed by atoms with E-state index in [4.69, 9.17) is 4.74 Å². The molecule has 2 rings (SSSR count). The van der Waals surface area contributed by atoms with Crippen LogP contribution in [0.3, 0.4) is 0 Å². The fraction of sp³-hybridized carbons (Fsp3) is 0.350. The number of ether oxygens (including phenoxy) is 1. The number of esters is 1. The van der Waals surface area contributed by atoms with E-state index in [1.165, 1.54) is 11.8 Å². The van der Waals surface area contributed by atoms with Crippen molar-refractivity contribution in [1.82, 2.24) is 9.88 Å². The average molecular weight is 356 g/mol. The highest BCUT2D eigenvalue weighted by Gasteiger charge is 2.26. The molecule has 1 aromatic heterocycles. The third kappa shape index (κ3) is 4.20. The van der Waals surface area contributed by atoms with Crippen LogP contribution in [0, 0.1) is 13.8 Å². The van der Waals surface area contributed by atoms with Gasteiger partial charge >= 0.3 is 5.97 Å². The second kappa shape index (κ2) is 7.99. The van der Waals surface area contributed by atoms with Crippen LogP contribution in [0.2, 0.25) is 0 Å². The van der Waals surface area contributed by atoms with Gasteiger partial charge in [-0.2, -0.15) is 0 Å². The molecule has 6 nitrogen and oxygen atoms in total. The van der Waals surface area contributed by atoms with Crippen molar-refractivity contribution < 1.29 is 19.1 Å². The summed E-state index contributed by atoms with van der Waals surface area (Å²) in [4.78, 5) is 41.0. The van der Waals surface area contributed by atoms with Gasteiger partial charge in [0.05, 0.1) is 0 Å². The predicted octanol–water partition coefficient (Wildman–Crippen LogP) is 3.04. The first-order chi connectivity index (χ1) is 12.2. The number of nitrogens with one attached hydrogen (secondary N) is 1. The van der Waals surface area contributed by atoms with Gasteiger partial charge in [0.15, 0.2) is 11.9 Å². The number of carbonyl (C=O) groups is 3. The van der Waals surface area contributed by atoms with Crippen molar-refractivity contribution in [3.63, 3.8) is 0 Å². The number of hydrogen-bond acceptors (Lipinski definition) is 4. The van der Waals surface area contributed by atoms with Crippen molar-refractivity contribution in [3.8, 4) is 0 Å². The number of amides is 1. The third-order valence-corrected chi connectivity index (χ3v) is 4.26. The van der Waals surface area contributed by atoms with Gasteiger partial charge in [0.2, 0.25) is 0 Å². The lowest BCUT2D eigenvalue weighted by Gasteiger charge is -2.21. The number of aromatic nitrogens is 1. The Kier molecular flexibility index (Phi) is 5.97. The fourth-order valence-electron chi connectivity index (χ4n) is 3.00. The minimum absolute atomic E-state index is 0.123. The molecule has 0 unspecified atom stereocenters. The molecule has 1 atom stereocenters. The lowest BCUT2D eigenvalue weighted by Crippen LogP contribution is -2.37. The maximum Gasteiger partial charge on any atom is 0.355 e. The maximum atomic E-state index is 12.5. The summed E-state index contributed by atoms with van der Waals surface area (Å²) in [6, 6.07) is 9.56.